The SMILES string of the molecule is Oc1cc(-c2ccc(OC(F)(F)F)cc2)c2ccccc2c1. The van der Waals surface area contributed by atoms with Crippen molar-refractivity contribution in [2.24, 2.45) is 0 Å². The molecule has 0 aliphatic carbocycles. The molecular formula is C17H11F3O2. The first kappa shape index (κ1) is 14.3. The van der Waals surface area contributed by atoms with E-state index < -0.39 is 6.36 Å². The third-order valence-electron chi connectivity index (χ3n) is 3.25. The number of ether oxygens (including phenoxy) is 1. The van der Waals surface area contributed by atoms with Crippen molar-refractivity contribution in [2.75, 3.05) is 0 Å². The summed E-state index contributed by atoms with van der Waals surface area (Å²) in [6.45, 7) is 0. The lowest BCUT2D eigenvalue weighted by Crippen LogP contribution is -2.16. The van der Waals surface area contributed by atoms with Crippen LogP contribution in [0.15, 0.2) is 60.7 Å². The zero-order valence-electron chi connectivity index (χ0n) is 11.3. The van der Waals surface area contributed by atoms with Crippen LogP contribution in [0.4, 0.5) is 13.2 Å². The molecule has 0 saturated heterocycles. The fourth-order valence-corrected chi connectivity index (χ4v) is 2.37. The Labute approximate surface area is 124 Å². The van der Waals surface area contributed by atoms with Gasteiger partial charge in [-0.1, -0.05) is 36.4 Å². The number of hydrogen-bond acceptors (Lipinski definition) is 2. The van der Waals surface area contributed by atoms with Gasteiger partial charge in [0.2, 0.25) is 0 Å². The molecule has 0 aromatic heterocycles. The number of halogens is 3. The van der Waals surface area contributed by atoms with E-state index >= 15 is 0 Å². The van der Waals surface area contributed by atoms with Crippen molar-refractivity contribution in [3.8, 4) is 22.6 Å². The minimum absolute atomic E-state index is 0.101. The maximum absolute atomic E-state index is 12.2. The minimum atomic E-state index is -4.71. The van der Waals surface area contributed by atoms with Crippen LogP contribution in [0.2, 0.25) is 0 Å². The summed E-state index contributed by atoms with van der Waals surface area (Å²) in [6, 6.07) is 16.3. The Morgan fingerprint density at radius 3 is 2.23 bits per heavy atom. The predicted octanol–water partition coefficient (Wildman–Crippen LogP) is 5.11. The molecule has 3 aromatic rings. The van der Waals surface area contributed by atoms with E-state index in [1.165, 1.54) is 24.3 Å². The van der Waals surface area contributed by atoms with Crippen molar-refractivity contribution in [3.63, 3.8) is 0 Å². The second-order valence-electron chi connectivity index (χ2n) is 4.79. The van der Waals surface area contributed by atoms with Gasteiger partial charge in [0.1, 0.15) is 11.5 Å². The molecule has 0 saturated carbocycles. The third kappa shape index (κ3) is 2.98. The van der Waals surface area contributed by atoms with Gasteiger partial charge in [-0.05, 0) is 46.2 Å². The second-order valence-corrected chi connectivity index (χ2v) is 4.79. The van der Waals surface area contributed by atoms with Crippen LogP contribution in [0.1, 0.15) is 0 Å². The number of phenolic OH excluding ortho intramolecular Hbond substituents is 1. The normalized spacial score (nSPS) is 11.6. The van der Waals surface area contributed by atoms with E-state index in [2.05, 4.69) is 4.74 Å². The number of hydrogen-bond donors (Lipinski definition) is 1. The molecule has 0 bridgehead atoms. The van der Waals surface area contributed by atoms with Crippen molar-refractivity contribution in [3.05, 3.63) is 60.7 Å². The molecule has 1 N–H and O–H groups in total. The van der Waals surface area contributed by atoms with Gasteiger partial charge in [0, 0.05) is 0 Å². The lowest BCUT2D eigenvalue weighted by atomic mass is 9.98. The van der Waals surface area contributed by atoms with E-state index in [1.807, 2.05) is 24.3 Å². The van der Waals surface area contributed by atoms with Gasteiger partial charge in [-0.2, -0.15) is 0 Å². The van der Waals surface area contributed by atoms with Gasteiger partial charge in [-0.15, -0.1) is 13.2 Å². The van der Waals surface area contributed by atoms with E-state index in [0.717, 1.165) is 16.3 Å². The molecule has 0 unspecified atom stereocenters. The molecule has 0 fully saturated rings. The largest absolute Gasteiger partial charge is 0.573 e. The highest BCUT2D eigenvalue weighted by Gasteiger charge is 2.30. The zero-order valence-corrected chi connectivity index (χ0v) is 11.3. The summed E-state index contributed by atoms with van der Waals surface area (Å²) in [4.78, 5) is 0. The number of aromatic hydroxyl groups is 1. The molecule has 0 atom stereocenters. The van der Waals surface area contributed by atoms with Crippen molar-refractivity contribution >= 4 is 10.8 Å². The Balaban J connectivity index is 2.04. The van der Waals surface area contributed by atoms with Crippen molar-refractivity contribution < 1.29 is 23.0 Å². The molecule has 3 aromatic carbocycles. The summed E-state index contributed by atoms with van der Waals surface area (Å²) in [6.07, 6.45) is -4.71. The maximum atomic E-state index is 12.2. The predicted molar refractivity (Wildman–Crippen MR) is 77.7 cm³/mol. The van der Waals surface area contributed by atoms with Crippen LogP contribution >= 0.6 is 0 Å². The van der Waals surface area contributed by atoms with Crippen LogP contribution in [0.5, 0.6) is 11.5 Å². The van der Waals surface area contributed by atoms with Crippen LogP contribution in [0.3, 0.4) is 0 Å². The lowest BCUT2D eigenvalue weighted by Gasteiger charge is -2.11. The highest BCUT2D eigenvalue weighted by molar-refractivity contribution is 5.97. The minimum Gasteiger partial charge on any atom is -0.508 e. The lowest BCUT2D eigenvalue weighted by molar-refractivity contribution is -0.274. The second kappa shape index (κ2) is 5.26. The average molecular weight is 304 g/mol. The first-order chi connectivity index (χ1) is 10.4. The number of rotatable bonds is 2. The van der Waals surface area contributed by atoms with Crippen LogP contribution in [-0.4, -0.2) is 11.5 Å². The first-order valence-electron chi connectivity index (χ1n) is 6.50. The summed E-state index contributed by atoms with van der Waals surface area (Å²) in [7, 11) is 0. The molecule has 0 aliphatic rings. The van der Waals surface area contributed by atoms with Crippen molar-refractivity contribution in [2.45, 2.75) is 6.36 Å². The Kier molecular flexibility index (Phi) is 3.41. The molecule has 5 heteroatoms. The van der Waals surface area contributed by atoms with E-state index in [4.69, 9.17) is 0 Å². The van der Waals surface area contributed by atoms with Gasteiger partial charge in [0.25, 0.3) is 0 Å². The van der Waals surface area contributed by atoms with E-state index in [-0.39, 0.29) is 11.5 Å². The maximum Gasteiger partial charge on any atom is 0.573 e. The molecular weight excluding hydrogens is 293 g/mol. The fourth-order valence-electron chi connectivity index (χ4n) is 2.37. The fraction of sp³-hybridized carbons (Fsp3) is 0.0588. The highest BCUT2D eigenvalue weighted by atomic mass is 19.4. The molecule has 3 rings (SSSR count). The van der Waals surface area contributed by atoms with Crippen LogP contribution in [-0.2, 0) is 0 Å². The molecule has 0 spiro atoms. The number of fused-ring (bicyclic) bond motifs is 1. The Hall–Kier alpha value is -2.69. The van der Waals surface area contributed by atoms with E-state index in [1.54, 1.807) is 12.1 Å². The number of benzene rings is 3. The molecule has 22 heavy (non-hydrogen) atoms. The van der Waals surface area contributed by atoms with Crippen LogP contribution < -0.4 is 4.74 Å². The van der Waals surface area contributed by atoms with Gasteiger partial charge >= 0.3 is 6.36 Å². The van der Waals surface area contributed by atoms with Gasteiger partial charge < -0.3 is 9.84 Å². The first-order valence-corrected chi connectivity index (χ1v) is 6.50. The summed E-state index contributed by atoms with van der Waals surface area (Å²) < 4.78 is 40.4. The standard InChI is InChI=1S/C17H11F3O2/c18-17(19,20)22-14-7-5-11(6-8-14)16-10-13(21)9-12-3-1-2-4-15(12)16/h1-10,21H. The monoisotopic (exact) mass is 304 g/mol. The van der Waals surface area contributed by atoms with Crippen molar-refractivity contribution in [1.29, 1.82) is 0 Å². The summed E-state index contributed by atoms with van der Waals surface area (Å²) in [5.74, 6) is -0.176. The smallest absolute Gasteiger partial charge is 0.508 e. The molecule has 112 valence electrons. The van der Waals surface area contributed by atoms with Crippen molar-refractivity contribution in [1.82, 2.24) is 0 Å². The third-order valence-corrected chi connectivity index (χ3v) is 3.25. The quantitative estimate of drug-likeness (QED) is 0.713. The van der Waals surface area contributed by atoms with Gasteiger partial charge in [0.15, 0.2) is 0 Å². The molecule has 2 nitrogen and oxygen atoms in total. The van der Waals surface area contributed by atoms with Gasteiger partial charge in [0.05, 0.1) is 0 Å². The Morgan fingerprint density at radius 2 is 1.55 bits per heavy atom. The molecule has 0 aliphatic heterocycles. The Bertz CT molecular complexity index is 808. The summed E-state index contributed by atoms with van der Waals surface area (Å²) in [5.41, 5.74) is 1.44. The molecule has 0 amide bonds. The van der Waals surface area contributed by atoms with Gasteiger partial charge in [-0.25, -0.2) is 0 Å². The Morgan fingerprint density at radius 1 is 0.864 bits per heavy atom. The van der Waals surface area contributed by atoms with Crippen LogP contribution in [0, 0.1) is 0 Å². The number of phenols is 1. The molecule has 0 heterocycles. The summed E-state index contributed by atoms with van der Waals surface area (Å²) in [5, 5.41) is 11.6. The van der Waals surface area contributed by atoms with Gasteiger partial charge in [-0.3, -0.25) is 0 Å². The van der Waals surface area contributed by atoms with E-state index in [9.17, 15) is 18.3 Å². The topological polar surface area (TPSA) is 29.5 Å². The number of alkyl halides is 3. The molecule has 0 radical (unpaired) electrons. The summed E-state index contributed by atoms with van der Waals surface area (Å²) >= 11 is 0. The zero-order chi connectivity index (χ0) is 15.7. The van der Waals surface area contributed by atoms with Crippen LogP contribution in [0.25, 0.3) is 21.9 Å². The highest BCUT2D eigenvalue weighted by Crippen LogP contribution is 2.34. The average Bonchev–Trinajstić information content (AvgIpc) is 2.45. The van der Waals surface area contributed by atoms with E-state index in [0.29, 0.717) is 5.56 Å².